The number of aliphatic hydroxyl groups excluding tert-OH is 2. The lowest BCUT2D eigenvalue weighted by Gasteiger charge is -2.58. The first kappa shape index (κ1) is 32.6. The van der Waals surface area contributed by atoms with Crippen LogP contribution in [0.2, 0.25) is 0 Å². The summed E-state index contributed by atoms with van der Waals surface area (Å²) < 4.78 is 0. The molecule has 4 atom stereocenters. The lowest BCUT2D eigenvalue weighted by atomic mass is 9.47. The van der Waals surface area contributed by atoms with Crippen molar-refractivity contribution in [1.29, 1.82) is 5.26 Å². The third-order valence-corrected chi connectivity index (χ3v) is 9.90. The van der Waals surface area contributed by atoms with E-state index in [1.807, 2.05) is 54.6 Å². The van der Waals surface area contributed by atoms with Gasteiger partial charge in [-0.1, -0.05) is 60.7 Å². The van der Waals surface area contributed by atoms with Crippen LogP contribution in [0.1, 0.15) is 28.7 Å². The largest absolute Gasteiger partial charge is 0.509 e. The van der Waals surface area contributed by atoms with Gasteiger partial charge in [-0.3, -0.25) is 19.3 Å². The average molecular weight is 649 g/mol. The average Bonchev–Trinajstić information content (AvgIpc) is 3.01. The minimum absolute atomic E-state index is 0.0576. The van der Waals surface area contributed by atoms with Crippen molar-refractivity contribution in [2.45, 2.75) is 43.1 Å². The van der Waals surface area contributed by atoms with Gasteiger partial charge in [0.25, 0.3) is 5.91 Å². The molecule has 0 aromatic heterocycles. The molecule has 12 nitrogen and oxygen atoms in total. The van der Waals surface area contributed by atoms with Gasteiger partial charge in [-0.15, -0.1) is 0 Å². The van der Waals surface area contributed by atoms with Gasteiger partial charge in [0, 0.05) is 13.1 Å². The molecular formula is C36H36N6O6. The van der Waals surface area contributed by atoms with E-state index in [1.165, 1.54) is 25.1 Å². The lowest BCUT2D eigenvalue weighted by molar-refractivity contribution is -0.139. The van der Waals surface area contributed by atoms with Gasteiger partial charge in [-0.25, -0.2) is 0 Å². The number of likely N-dealkylation sites (N-methyl/N-ethyl adjacent to an activating group) is 1. The Hall–Kier alpha value is -5.32. The number of fused-ring (bicyclic) bond motifs is 3. The molecule has 48 heavy (non-hydrogen) atoms. The number of nitrogens with one attached hydrogen (secondary N) is 1. The molecular weight excluding hydrogens is 612 g/mol. The molecule has 0 aliphatic heterocycles. The van der Waals surface area contributed by atoms with Gasteiger partial charge in [0.2, 0.25) is 0 Å². The molecule has 6 rings (SSSR count). The van der Waals surface area contributed by atoms with E-state index in [9.17, 15) is 35.0 Å². The molecule has 10 N–H and O–H groups in total. The lowest BCUT2D eigenvalue weighted by Crippen LogP contribution is -2.80. The molecule has 3 aromatic rings. The summed E-state index contributed by atoms with van der Waals surface area (Å²) in [6.07, 6.45) is -0.566. The van der Waals surface area contributed by atoms with Crippen molar-refractivity contribution in [3.8, 4) is 22.9 Å². The highest BCUT2D eigenvalue weighted by atomic mass is 16.3. The van der Waals surface area contributed by atoms with Crippen molar-refractivity contribution in [1.82, 2.24) is 10.2 Å². The molecule has 1 saturated carbocycles. The molecule has 0 saturated heterocycles. The monoisotopic (exact) mass is 648 g/mol. The number of hydrogen-bond acceptors (Lipinski definition) is 11. The van der Waals surface area contributed by atoms with E-state index in [0.717, 1.165) is 16.7 Å². The van der Waals surface area contributed by atoms with Crippen molar-refractivity contribution >= 4 is 23.2 Å². The molecule has 0 bridgehead atoms. The van der Waals surface area contributed by atoms with Crippen LogP contribution in [0.4, 0.5) is 0 Å². The first-order valence-corrected chi connectivity index (χ1v) is 15.3. The van der Waals surface area contributed by atoms with E-state index in [0.29, 0.717) is 24.2 Å². The summed E-state index contributed by atoms with van der Waals surface area (Å²) in [6, 6.07) is 21.1. The minimum Gasteiger partial charge on any atom is -0.509 e. The molecule has 0 radical (unpaired) electrons. The number of hydrogen-bond donors (Lipinski definition) is 7. The standard InChI is InChI=1S/C36H36N6O6/c1-42(2)30-29(45)26(33(38)48)31(46)35(18-37)32(47)27-28(44)25-23(14-34(27,39)17-36(30,35)40)22(12-13-24(25)43)21-10-8-20(9-11-21)16-41-15-19-6-4-3-5-7-19/h3-13,30,41,43-44,46H,14-17,39-40H2,1-2H3,(H2,38,48)/t30-,34-,35+,36-/m1/s1. The quantitative estimate of drug-likeness (QED) is 0.183. The van der Waals surface area contributed by atoms with Crippen LogP contribution in [0, 0.1) is 16.7 Å². The number of nitriles is 1. The molecule has 0 spiro atoms. The molecule has 3 aromatic carbocycles. The summed E-state index contributed by atoms with van der Waals surface area (Å²) in [7, 11) is 2.95. The Bertz CT molecular complexity index is 1980. The van der Waals surface area contributed by atoms with Crippen molar-refractivity contribution in [3.05, 3.63) is 106 Å². The number of benzene rings is 3. The topological polar surface area (TPSA) is 229 Å². The van der Waals surface area contributed by atoms with Gasteiger partial charge in [0.1, 0.15) is 22.8 Å². The Labute approximate surface area is 276 Å². The molecule has 12 heteroatoms. The van der Waals surface area contributed by atoms with Crippen molar-refractivity contribution < 1.29 is 29.7 Å². The third-order valence-electron chi connectivity index (χ3n) is 9.90. The van der Waals surface area contributed by atoms with E-state index >= 15 is 0 Å². The summed E-state index contributed by atoms with van der Waals surface area (Å²) in [6.45, 7) is 1.32. The van der Waals surface area contributed by atoms with Crippen molar-refractivity contribution in [2.24, 2.45) is 22.6 Å². The van der Waals surface area contributed by atoms with Crippen LogP contribution in [0.3, 0.4) is 0 Å². The van der Waals surface area contributed by atoms with Gasteiger partial charge in [0.05, 0.1) is 34.3 Å². The molecule has 3 aliphatic rings. The van der Waals surface area contributed by atoms with Crippen LogP contribution in [0.5, 0.6) is 5.75 Å². The highest BCUT2D eigenvalue weighted by Crippen LogP contribution is 2.58. The van der Waals surface area contributed by atoms with E-state index in [2.05, 4.69) is 5.32 Å². The predicted molar refractivity (Wildman–Crippen MR) is 177 cm³/mol. The fourth-order valence-electron chi connectivity index (χ4n) is 7.85. The van der Waals surface area contributed by atoms with Gasteiger partial charge in [0.15, 0.2) is 17.0 Å². The fraction of sp³-hybridized carbons (Fsp3) is 0.278. The first-order chi connectivity index (χ1) is 22.7. The smallest absolute Gasteiger partial charge is 0.255 e. The highest BCUT2D eigenvalue weighted by molar-refractivity contribution is 6.25. The maximum absolute atomic E-state index is 14.5. The molecule has 246 valence electrons. The Morgan fingerprint density at radius 1 is 0.979 bits per heavy atom. The number of carbonyl (C=O) groups excluding carboxylic acids is 3. The van der Waals surface area contributed by atoms with Gasteiger partial charge < -0.3 is 37.8 Å². The Balaban J connectivity index is 1.45. The van der Waals surface area contributed by atoms with Crippen LogP contribution in [0.25, 0.3) is 16.9 Å². The zero-order valence-electron chi connectivity index (χ0n) is 26.4. The number of aliphatic hydroxyl groups is 2. The number of aromatic hydroxyl groups is 1. The van der Waals surface area contributed by atoms with Gasteiger partial charge in [-0.05, 0) is 60.8 Å². The maximum atomic E-state index is 14.5. The van der Waals surface area contributed by atoms with Crippen LogP contribution in [-0.2, 0) is 33.9 Å². The van der Waals surface area contributed by atoms with Crippen molar-refractivity contribution in [2.75, 3.05) is 14.1 Å². The number of rotatable bonds is 7. The number of carbonyl (C=O) groups is 3. The summed E-state index contributed by atoms with van der Waals surface area (Å²) in [4.78, 5) is 41.9. The second-order valence-electron chi connectivity index (χ2n) is 13.1. The SMILES string of the molecule is CN(C)[C@@H]1C(=O)C(C(N)=O)=C(O)[C@@]2(C#N)C(=O)C3=C(O)c4c(O)ccc(-c5ccc(CNCc6ccccc6)cc5)c4C[C@@]3(N)C[C@@]12N. The van der Waals surface area contributed by atoms with Crippen LogP contribution < -0.4 is 22.5 Å². The maximum Gasteiger partial charge on any atom is 0.255 e. The number of phenolic OH excluding ortho intramolecular Hbond substituents is 1. The number of amides is 1. The van der Waals surface area contributed by atoms with Crippen LogP contribution in [-0.4, -0.2) is 68.9 Å². The van der Waals surface area contributed by atoms with E-state index in [1.54, 1.807) is 12.1 Å². The summed E-state index contributed by atoms with van der Waals surface area (Å²) in [5.74, 6) is -5.69. The van der Waals surface area contributed by atoms with E-state index < -0.39 is 69.1 Å². The Morgan fingerprint density at radius 3 is 2.19 bits per heavy atom. The molecule has 1 amide bonds. The number of primary amides is 1. The second kappa shape index (κ2) is 11.4. The van der Waals surface area contributed by atoms with E-state index in [4.69, 9.17) is 17.2 Å². The summed E-state index contributed by atoms with van der Waals surface area (Å²) in [5.41, 5.74) is 15.3. The number of nitrogens with two attached hydrogens (primary N) is 3. The minimum atomic E-state index is -2.71. The normalized spacial score (nSPS) is 26.5. The van der Waals surface area contributed by atoms with E-state index in [-0.39, 0.29) is 17.7 Å². The first-order valence-electron chi connectivity index (χ1n) is 15.3. The zero-order valence-corrected chi connectivity index (χ0v) is 26.4. The Kier molecular flexibility index (Phi) is 7.77. The van der Waals surface area contributed by atoms with Crippen LogP contribution in [0.15, 0.2) is 83.6 Å². The Morgan fingerprint density at radius 2 is 1.60 bits per heavy atom. The number of Topliss-reactive ketones (excluding diaryl/α,β-unsaturated/α-hetero) is 2. The summed E-state index contributed by atoms with van der Waals surface area (Å²) >= 11 is 0. The molecule has 0 heterocycles. The highest BCUT2D eigenvalue weighted by Gasteiger charge is 2.74. The molecule has 0 unspecified atom stereocenters. The fourth-order valence-corrected chi connectivity index (χ4v) is 7.85. The molecule has 1 fully saturated rings. The van der Waals surface area contributed by atoms with Crippen LogP contribution >= 0.6 is 0 Å². The predicted octanol–water partition coefficient (Wildman–Crippen LogP) is 1.86. The second-order valence-corrected chi connectivity index (χ2v) is 13.1. The zero-order chi connectivity index (χ0) is 34.8. The third kappa shape index (κ3) is 4.55. The number of ketones is 2. The number of phenols is 1. The number of nitrogens with zero attached hydrogens (tertiary/aromatic N) is 2. The molecule has 3 aliphatic carbocycles. The van der Waals surface area contributed by atoms with Gasteiger partial charge in [-0.2, -0.15) is 5.26 Å². The van der Waals surface area contributed by atoms with Crippen molar-refractivity contribution in [3.63, 3.8) is 0 Å². The van der Waals surface area contributed by atoms with Gasteiger partial charge >= 0.3 is 0 Å². The summed E-state index contributed by atoms with van der Waals surface area (Å²) in [5, 5.41) is 48.1.